The number of allylic oxidation sites excluding steroid dienone is 1. The SMILES string of the molecule is C1=CC(c2cccs2)c2cccc3cccc1c23. The Bertz CT molecular complexity index is 730. The average molecular weight is 248 g/mol. The van der Waals surface area contributed by atoms with Crippen LogP contribution in [0.1, 0.15) is 21.9 Å². The van der Waals surface area contributed by atoms with Crippen molar-refractivity contribution in [2.45, 2.75) is 5.92 Å². The number of hydrogen-bond acceptors (Lipinski definition) is 1. The summed E-state index contributed by atoms with van der Waals surface area (Å²) in [7, 11) is 0. The monoisotopic (exact) mass is 248 g/mol. The van der Waals surface area contributed by atoms with Gasteiger partial charge in [0.2, 0.25) is 0 Å². The predicted molar refractivity (Wildman–Crippen MR) is 79.1 cm³/mol. The van der Waals surface area contributed by atoms with Crippen molar-refractivity contribution in [3.05, 3.63) is 76.0 Å². The summed E-state index contributed by atoms with van der Waals surface area (Å²) in [6.45, 7) is 0. The molecule has 4 rings (SSSR count). The van der Waals surface area contributed by atoms with Gasteiger partial charge in [0.05, 0.1) is 0 Å². The summed E-state index contributed by atoms with van der Waals surface area (Å²) in [6.07, 6.45) is 4.59. The third kappa shape index (κ3) is 1.37. The molecule has 1 aliphatic rings. The lowest BCUT2D eigenvalue weighted by Gasteiger charge is -2.20. The summed E-state index contributed by atoms with van der Waals surface area (Å²) in [5.41, 5.74) is 2.78. The summed E-state index contributed by atoms with van der Waals surface area (Å²) in [5.74, 6) is 0.420. The Labute approximate surface area is 110 Å². The summed E-state index contributed by atoms with van der Waals surface area (Å²) in [4.78, 5) is 1.42. The lowest BCUT2D eigenvalue weighted by molar-refractivity contribution is 1.07. The molecule has 1 heteroatoms. The van der Waals surface area contributed by atoms with Crippen LogP contribution in [0.5, 0.6) is 0 Å². The van der Waals surface area contributed by atoms with E-state index in [-0.39, 0.29) is 0 Å². The molecule has 0 saturated heterocycles. The first-order valence-corrected chi connectivity index (χ1v) is 7.05. The van der Waals surface area contributed by atoms with Crippen molar-refractivity contribution in [2.75, 3.05) is 0 Å². The van der Waals surface area contributed by atoms with Gasteiger partial charge in [-0.05, 0) is 33.3 Å². The van der Waals surface area contributed by atoms with Gasteiger partial charge < -0.3 is 0 Å². The Balaban J connectivity index is 2.04. The molecule has 18 heavy (non-hydrogen) atoms. The van der Waals surface area contributed by atoms with E-state index in [1.165, 1.54) is 26.8 Å². The fourth-order valence-corrected chi connectivity index (χ4v) is 3.64. The van der Waals surface area contributed by atoms with Gasteiger partial charge in [0, 0.05) is 10.8 Å². The van der Waals surface area contributed by atoms with E-state index in [0.29, 0.717) is 5.92 Å². The van der Waals surface area contributed by atoms with Gasteiger partial charge in [-0.2, -0.15) is 0 Å². The van der Waals surface area contributed by atoms with Crippen LogP contribution in [-0.4, -0.2) is 0 Å². The van der Waals surface area contributed by atoms with E-state index in [1.807, 2.05) is 11.3 Å². The van der Waals surface area contributed by atoms with E-state index in [2.05, 4.69) is 66.1 Å². The van der Waals surface area contributed by atoms with Crippen LogP contribution in [-0.2, 0) is 0 Å². The molecule has 0 nitrogen and oxygen atoms in total. The molecule has 0 fully saturated rings. The molecule has 86 valence electrons. The molecule has 2 aromatic carbocycles. The highest BCUT2D eigenvalue weighted by molar-refractivity contribution is 7.10. The van der Waals surface area contributed by atoms with Gasteiger partial charge in [0.25, 0.3) is 0 Å². The van der Waals surface area contributed by atoms with Gasteiger partial charge in [-0.25, -0.2) is 0 Å². The van der Waals surface area contributed by atoms with Gasteiger partial charge in [-0.1, -0.05) is 54.6 Å². The zero-order valence-electron chi connectivity index (χ0n) is 9.84. The summed E-state index contributed by atoms with van der Waals surface area (Å²) in [6, 6.07) is 17.5. The van der Waals surface area contributed by atoms with Gasteiger partial charge in [0.15, 0.2) is 0 Å². The number of hydrogen-bond donors (Lipinski definition) is 0. The van der Waals surface area contributed by atoms with Crippen molar-refractivity contribution in [2.24, 2.45) is 0 Å². The Morgan fingerprint density at radius 1 is 0.889 bits per heavy atom. The maximum Gasteiger partial charge on any atom is 0.0373 e. The molecule has 1 heterocycles. The minimum atomic E-state index is 0.420. The van der Waals surface area contributed by atoms with Crippen molar-refractivity contribution >= 4 is 28.2 Å². The third-order valence-corrected chi connectivity index (χ3v) is 4.58. The van der Waals surface area contributed by atoms with Crippen LogP contribution < -0.4 is 0 Å². The number of thiophene rings is 1. The van der Waals surface area contributed by atoms with Gasteiger partial charge in [-0.3, -0.25) is 0 Å². The van der Waals surface area contributed by atoms with E-state index >= 15 is 0 Å². The lowest BCUT2D eigenvalue weighted by atomic mass is 9.85. The maximum atomic E-state index is 2.32. The van der Waals surface area contributed by atoms with Crippen LogP contribution in [0.3, 0.4) is 0 Å². The second-order valence-electron chi connectivity index (χ2n) is 4.64. The molecule has 0 amide bonds. The molecule has 0 radical (unpaired) electrons. The van der Waals surface area contributed by atoms with Crippen LogP contribution in [0.15, 0.2) is 60.0 Å². The van der Waals surface area contributed by atoms with E-state index in [1.54, 1.807) is 0 Å². The van der Waals surface area contributed by atoms with E-state index in [4.69, 9.17) is 0 Å². The molecule has 1 aliphatic carbocycles. The van der Waals surface area contributed by atoms with Crippen LogP contribution in [0, 0.1) is 0 Å². The normalized spacial score (nSPS) is 17.2. The predicted octanol–water partition coefficient (Wildman–Crippen LogP) is 5.06. The molecular weight excluding hydrogens is 236 g/mol. The Hall–Kier alpha value is -1.86. The maximum absolute atomic E-state index is 2.32. The van der Waals surface area contributed by atoms with Crippen LogP contribution >= 0.6 is 11.3 Å². The first-order valence-electron chi connectivity index (χ1n) is 6.17. The Morgan fingerprint density at radius 3 is 2.61 bits per heavy atom. The second-order valence-corrected chi connectivity index (χ2v) is 5.62. The quantitative estimate of drug-likeness (QED) is 0.564. The van der Waals surface area contributed by atoms with Gasteiger partial charge in [-0.15, -0.1) is 11.3 Å². The van der Waals surface area contributed by atoms with Crippen molar-refractivity contribution < 1.29 is 0 Å². The van der Waals surface area contributed by atoms with E-state index in [0.717, 1.165) is 0 Å². The minimum absolute atomic E-state index is 0.420. The molecule has 0 spiro atoms. The molecule has 0 saturated carbocycles. The summed E-state index contributed by atoms with van der Waals surface area (Å²) in [5, 5.41) is 4.92. The van der Waals surface area contributed by atoms with E-state index in [9.17, 15) is 0 Å². The number of rotatable bonds is 1. The zero-order valence-corrected chi connectivity index (χ0v) is 10.7. The number of benzene rings is 2. The Kier molecular flexibility index (Phi) is 2.14. The second kappa shape index (κ2) is 3.82. The summed E-state index contributed by atoms with van der Waals surface area (Å²) < 4.78 is 0. The molecule has 0 N–H and O–H groups in total. The van der Waals surface area contributed by atoms with Crippen molar-refractivity contribution in [1.29, 1.82) is 0 Å². The molecule has 0 aliphatic heterocycles. The molecule has 1 aromatic heterocycles. The third-order valence-electron chi connectivity index (χ3n) is 3.62. The minimum Gasteiger partial charge on any atom is -0.148 e. The van der Waals surface area contributed by atoms with Crippen LogP contribution in [0.25, 0.3) is 16.8 Å². The molecule has 3 aromatic rings. The Morgan fingerprint density at radius 2 is 1.78 bits per heavy atom. The van der Waals surface area contributed by atoms with Crippen molar-refractivity contribution in [1.82, 2.24) is 0 Å². The first kappa shape index (κ1) is 10.1. The average Bonchev–Trinajstić information content (AvgIpc) is 2.94. The van der Waals surface area contributed by atoms with Crippen molar-refractivity contribution in [3.8, 4) is 0 Å². The fraction of sp³-hybridized carbons (Fsp3) is 0.0588. The zero-order chi connectivity index (χ0) is 11.9. The van der Waals surface area contributed by atoms with Crippen LogP contribution in [0.4, 0.5) is 0 Å². The highest BCUT2D eigenvalue weighted by atomic mass is 32.1. The van der Waals surface area contributed by atoms with Gasteiger partial charge >= 0.3 is 0 Å². The largest absolute Gasteiger partial charge is 0.148 e. The van der Waals surface area contributed by atoms with Gasteiger partial charge in [0.1, 0.15) is 0 Å². The van der Waals surface area contributed by atoms with E-state index < -0.39 is 0 Å². The van der Waals surface area contributed by atoms with Crippen molar-refractivity contribution in [3.63, 3.8) is 0 Å². The summed E-state index contributed by atoms with van der Waals surface area (Å²) >= 11 is 1.84. The molecular formula is C17H12S. The molecule has 0 bridgehead atoms. The lowest BCUT2D eigenvalue weighted by Crippen LogP contribution is -2.01. The molecule has 1 atom stereocenters. The fourth-order valence-electron chi connectivity index (χ4n) is 2.82. The smallest absolute Gasteiger partial charge is 0.0373 e. The standard InChI is InChI=1S/C17H12S/c1-4-12-6-2-7-15-14(16-8-3-11-18-16)10-9-13(5-1)17(12)15/h1-11,14H. The van der Waals surface area contributed by atoms with Crippen LogP contribution in [0.2, 0.25) is 0 Å². The molecule has 1 unspecified atom stereocenters. The first-order chi connectivity index (χ1) is 8.93. The highest BCUT2D eigenvalue weighted by Gasteiger charge is 2.19. The highest BCUT2D eigenvalue weighted by Crippen LogP contribution is 2.39. The topological polar surface area (TPSA) is 0 Å².